The maximum absolute atomic E-state index is 8.25. The average Bonchev–Trinajstić information content (AvgIpc) is 1.60. The van der Waals surface area contributed by atoms with Crippen LogP contribution in [0, 0.1) is 30.6 Å². The molecule has 0 amide bonds. The minimum absolute atomic E-state index is 0. The molecule has 10 heteroatoms. The van der Waals surface area contributed by atoms with Gasteiger partial charge in [-0.25, -0.2) is 0 Å². The van der Waals surface area contributed by atoms with Crippen LogP contribution >= 0.6 is 0 Å². The van der Waals surface area contributed by atoms with Crippen LogP contribution in [0.25, 0.3) is 0 Å². The van der Waals surface area contributed by atoms with Crippen molar-refractivity contribution in [2.24, 2.45) is 0 Å². The number of nitrogens with zero attached hydrogens (tertiary/aromatic N) is 2. The first-order valence-electron chi connectivity index (χ1n) is 2.12. The van der Waals surface area contributed by atoms with Crippen molar-refractivity contribution >= 4 is 0 Å². The summed E-state index contributed by atoms with van der Waals surface area (Å²) in [5.74, 6) is 0. The molecule has 0 saturated carbocycles. The molecule has 0 aliphatic heterocycles. The van der Waals surface area contributed by atoms with E-state index in [0.29, 0.717) is 0 Å². The molecule has 0 atom stereocenters. The summed E-state index contributed by atoms with van der Waals surface area (Å²) in [7, 11) is 0. The summed E-state index contributed by atoms with van der Waals surface area (Å²) in [6.07, 6.45) is 0. The topological polar surface area (TPSA) is 153 Å². The van der Waals surface area contributed by atoms with E-state index in [1.807, 2.05) is 0 Å². The first-order valence-corrected chi connectivity index (χ1v) is 2.12. The Morgan fingerprint density at radius 2 is 1.08 bits per heavy atom. The van der Waals surface area contributed by atoms with Crippen LogP contribution < -0.4 is 0 Å². The third-order valence-electron chi connectivity index (χ3n) is 0. The number of aliphatic hydroxyl groups excluding tert-OH is 1. The minimum Gasteiger partial charge on any atom is -0.397 e. The van der Waals surface area contributed by atoms with Crippen LogP contribution in [0.5, 0.6) is 0 Å². The Morgan fingerprint density at radius 3 is 1.08 bits per heavy atom. The van der Waals surface area contributed by atoms with Crippen molar-refractivity contribution in [2.45, 2.75) is 6.92 Å². The van der Waals surface area contributed by atoms with Crippen LogP contribution in [-0.4, -0.2) is 21.9 Å². The van der Waals surface area contributed by atoms with Crippen LogP contribution in [0.15, 0.2) is 0 Å². The van der Waals surface area contributed by atoms with E-state index in [-0.39, 0.29) is 26.1 Å². The largest absolute Gasteiger partial charge is 2.00 e. The third-order valence-corrected chi connectivity index (χ3v) is 0. The summed E-state index contributed by atoms with van der Waals surface area (Å²) >= 11 is 0. The maximum Gasteiger partial charge on any atom is 2.00 e. The molecule has 0 aliphatic carbocycles. The monoisotopic (exact) mass is 234 g/mol. The van der Waals surface area contributed by atoms with E-state index in [1.54, 1.807) is 6.92 Å². The Hall–Kier alpha value is -1.02. The van der Waals surface area contributed by atoms with Gasteiger partial charge in [0, 0.05) is 6.61 Å². The van der Waals surface area contributed by atoms with Crippen molar-refractivity contribution in [3.8, 4) is 0 Å². The Balaban J connectivity index is -0.0000000389. The molecule has 0 aromatic carbocycles. The number of hydrogen-bond donors (Lipinski definition) is 1. The van der Waals surface area contributed by atoms with Crippen LogP contribution in [0.4, 0.5) is 0 Å². The van der Waals surface area contributed by atoms with E-state index in [0.717, 1.165) is 0 Å². The molecule has 0 fully saturated rings. The summed E-state index contributed by atoms with van der Waals surface area (Å²) in [5.41, 5.74) is 0. The van der Waals surface area contributed by atoms with Crippen molar-refractivity contribution in [3.05, 3.63) is 30.6 Å². The van der Waals surface area contributed by atoms with E-state index in [4.69, 9.17) is 35.7 Å². The normalized spacial score (nSPS) is 5.50. The van der Waals surface area contributed by atoms with E-state index >= 15 is 0 Å². The number of aliphatic hydroxyl groups is 1. The van der Waals surface area contributed by atoms with E-state index in [9.17, 15) is 0 Å². The van der Waals surface area contributed by atoms with Gasteiger partial charge in [0.05, 0.1) is 10.2 Å². The predicted molar refractivity (Wildman–Crippen MR) is 33.5 cm³/mol. The molecule has 0 aliphatic rings. The average molecular weight is 235 g/mol. The molecule has 9 nitrogen and oxygen atoms in total. The molecular weight excluding hydrogens is 229 g/mol. The minimum atomic E-state index is -1.75. The molecule has 0 spiro atoms. The third kappa shape index (κ3) is 554. The van der Waals surface area contributed by atoms with Gasteiger partial charge in [0.1, 0.15) is 0 Å². The van der Waals surface area contributed by atoms with Crippen molar-refractivity contribution in [1.29, 1.82) is 0 Å². The Morgan fingerprint density at radius 1 is 1.08 bits per heavy atom. The molecule has 0 unspecified atom stereocenters. The van der Waals surface area contributed by atoms with Gasteiger partial charge in [-0.3, -0.25) is 0 Å². The Bertz CT molecular complexity index is 87.6. The second kappa shape index (κ2) is 22.5. The molecule has 1 N–H and O–H groups in total. The van der Waals surface area contributed by atoms with Gasteiger partial charge in [-0.15, -0.1) is 0 Å². The SMILES string of the molecule is CCO.O=[N+]([O-])[O-].O=[N+]([O-])[O-].[Zn+2]. The van der Waals surface area contributed by atoms with Gasteiger partial charge in [-0.1, -0.05) is 0 Å². The summed E-state index contributed by atoms with van der Waals surface area (Å²) < 4.78 is 0. The standard InChI is InChI=1S/C2H6O.2NO3.Zn/c1-2-3;2*2-1(3)4;/h3H,2H2,1H3;;;/q;2*-1;+2. The second-order valence-electron chi connectivity index (χ2n) is 0.763. The van der Waals surface area contributed by atoms with Crippen LogP contribution in [0.2, 0.25) is 0 Å². The van der Waals surface area contributed by atoms with Crippen LogP contribution in [-0.2, 0) is 19.5 Å². The van der Waals surface area contributed by atoms with Crippen molar-refractivity contribution in [1.82, 2.24) is 0 Å². The molecule has 68 valence electrons. The fourth-order valence-electron chi connectivity index (χ4n) is 0. The fourth-order valence-corrected chi connectivity index (χ4v) is 0. The molecule has 12 heavy (non-hydrogen) atoms. The van der Waals surface area contributed by atoms with Crippen molar-refractivity contribution in [3.63, 3.8) is 0 Å². The molecule has 0 bridgehead atoms. The van der Waals surface area contributed by atoms with Crippen LogP contribution in [0.3, 0.4) is 0 Å². The van der Waals surface area contributed by atoms with Crippen molar-refractivity contribution in [2.75, 3.05) is 6.61 Å². The predicted octanol–water partition coefficient (Wildman–Crippen LogP) is -0.482. The molecular formula is C2H6N2O7Zn. The molecule has 0 aromatic rings. The molecule has 0 heterocycles. The maximum atomic E-state index is 8.25. The summed E-state index contributed by atoms with van der Waals surface area (Å²) in [6.45, 7) is 1.93. The van der Waals surface area contributed by atoms with E-state index in [2.05, 4.69) is 0 Å². The zero-order valence-electron chi connectivity index (χ0n) is 6.21. The molecule has 0 saturated heterocycles. The summed E-state index contributed by atoms with van der Waals surface area (Å²) in [4.78, 5) is 16.5. The zero-order valence-corrected chi connectivity index (χ0v) is 9.17. The van der Waals surface area contributed by atoms with E-state index in [1.165, 1.54) is 0 Å². The smallest absolute Gasteiger partial charge is 0.397 e. The Kier molecular flexibility index (Phi) is 42.1. The number of rotatable bonds is 0. The van der Waals surface area contributed by atoms with Gasteiger partial charge in [0.2, 0.25) is 0 Å². The van der Waals surface area contributed by atoms with Gasteiger partial charge >= 0.3 is 19.5 Å². The summed E-state index contributed by atoms with van der Waals surface area (Å²) in [6, 6.07) is 0. The quantitative estimate of drug-likeness (QED) is 0.338. The number of hydrogen-bond acceptors (Lipinski definition) is 7. The first kappa shape index (κ1) is 22.4. The Labute approximate surface area is 79.6 Å². The molecule has 0 radical (unpaired) electrons. The van der Waals surface area contributed by atoms with Gasteiger partial charge in [0.15, 0.2) is 0 Å². The van der Waals surface area contributed by atoms with Crippen molar-refractivity contribution < 1.29 is 34.8 Å². The fraction of sp³-hybridized carbons (Fsp3) is 1.00. The van der Waals surface area contributed by atoms with Gasteiger partial charge in [-0.05, 0) is 6.92 Å². The van der Waals surface area contributed by atoms with Crippen LogP contribution in [0.1, 0.15) is 6.92 Å². The van der Waals surface area contributed by atoms with Gasteiger partial charge in [0.25, 0.3) is 0 Å². The second-order valence-corrected chi connectivity index (χ2v) is 0.763. The first-order chi connectivity index (χ1) is 4.88. The summed E-state index contributed by atoms with van der Waals surface area (Å²) in [5, 5.41) is 37.1. The van der Waals surface area contributed by atoms with Gasteiger partial charge in [-0.2, -0.15) is 0 Å². The van der Waals surface area contributed by atoms with Gasteiger partial charge < -0.3 is 35.7 Å². The zero-order chi connectivity index (χ0) is 9.86. The molecule has 0 rings (SSSR count). The molecule has 0 aromatic heterocycles. The van der Waals surface area contributed by atoms with E-state index < -0.39 is 10.2 Å².